The normalized spacial score (nSPS) is 25.0. The smallest absolute Gasteiger partial charge is 0.356 e. The summed E-state index contributed by atoms with van der Waals surface area (Å²) in [6.07, 6.45) is -2.03. The number of rotatable bonds is 5. The van der Waals surface area contributed by atoms with Crippen LogP contribution in [0.4, 0.5) is 17.6 Å². The third kappa shape index (κ3) is 4.30. The standard InChI is InChI=1S/C24H23F4N3OS/c1-2-14-9-21(32)31(10-17-7-8-20(33-17)24(26,27)28)13-29-23(14)30-11-18-19(12-30)22(18)15-3-5-16(25)6-4-15/h3-8,13,18-19,22H,2,9-12H2,1H3. The summed E-state index contributed by atoms with van der Waals surface area (Å²) in [6.45, 7) is 3.72. The predicted molar refractivity (Wildman–Crippen MR) is 118 cm³/mol. The van der Waals surface area contributed by atoms with Crippen LogP contribution in [0.5, 0.6) is 0 Å². The van der Waals surface area contributed by atoms with Crippen molar-refractivity contribution in [2.75, 3.05) is 13.1 Å². The van der Waals surface area contributed by atoms with Crippen LogP contribution in [-0.4, -0.2) is 35.1 Å². The molecule has 5 rings (SSSR count). The van der Waals surface area contributed by atoms with Crippen molar-refractivity contribution in [3.05, 3.63) is 68.9 Å². The fraction of sp³-hybridized carbons (Fsp3) is 0.417. The highest BCUT2D eigenvalue weighted by Crippen LogP contribution is 2.59. The van der Waals surface area contributed by atoms with Crippen LogP contribution < -0.4 is 0 Å². The van der Waals surface area contributed by atoms with Crippen molar-refractivity contribution in [2.45, 2.75) is 38.4 Å². The molecule has 2 aromatic rings. The summed E-state index contributed by atoms with van der Waals surface area (Å²) < 4.78 is 51.9. The second-order valence-corrected chi connectivity index (χ2v) is 9.97. The first-order chi connectivity index (χ1) is 15.7. The van der Waals surface area contributed by atoms with E-state index in [0.29, 0.717) is 40.4 Å². The number of carbonyl (C=O) groups is 1. The van der Waals surface area contributed by atoms with E-state index < -0.39 is 11.1 Å². The molecule has 0 radical (unpaired) electrons. The number of nitrogens with zero attached hydrogens (tertiary/aromatic N) is 3. The minimum Gasteiger partial charge on any atom is -0.356 e. The van der Waals surface area contributed by atoms with E-state index in [1.807, 2.05) is 19.1 Å². The van der Waals surface area contributed by atoms with Gasteiger partial charge in [-0.1, -0.05) is 19.1 Å². The van der Waals surface area contributed by atoms with Crippen LogP contribution in [0.3, 0.4) is 0 Å². The molecule has 33 heavy (non-hydrogen) atoms. The molecule has 2 aliphatic heterocycles. The third-order valence-corrected chi connectivity index (χ3v) is 7.88. The number of hydrogen-bond donors (Lipinski definition) is 0. The zero-order valence-electron chi connectivity index (χ0n) is 18.0. The highest BCUT2D eigenvalue weighted by molar-refractivity contribution is 7.12. The summed E-state index contributed by atoms with van der Waals surface area (Å²) in [5, 5.41) is 0. The molecule has 174 valence electrons. The van der Waals surface area contributed by atoms with Gasteiger partial charge in [-0.05, 0) is 59.6 Å². The summed E-state index contributed by atoms with van der Waals surface area (Å²) in [7, 11) is 0. The van der Waals surface area contributed by atoms with E-state index >= 15 is 0 Å². The SMILES string of the molecule is CCC1=C(N2CC3C(C2)C3c2ccc(F)cc2)N=CN(Cc2ccc(C(F)(F)F)s2)C(=O)C1. The molecule has 2 unspecified atom stereocenters. The van der Waals surface area contributed by atoms with Crippen LogP contribution in [0.2, 0.25) is 0 Å². The Balaban J connectivity index is 1.28. The number of likely N-dealkylation sites (tertiary alicyclic amines) is 1. The van der Waals surface area contributed by atoms with Crippen LogP contribution >= 0.6 is 11.3 Å². The lowest BCUT2D eigenvalue weighted by atomic mass is 10.1. The first-order valence-corrected chi connectivity index (χ1v) is 11.8. The predicted octanol–water partition coefficient (Wildman–Crippen LogP) is 5.63. The number of aliphatic imine (C=N–C) groups is 1. The van der Waals surface area contributed by atoms with Gasteiger partial charge in [-0.3, -0.25) is 9.69 Å². The van der Waals surface area contributed by atoms with E-state index in [0.717, 1.165) is 36.1 Å². The third-order valence-electron chi connectivity index (χ3n) is 6.76. The van der Waals surface area contributed by atoms with E-state index in [9.17, 15) is 22.4 Å². The average molecular weight is 478 g/mol. The molecule has 1 aromatic carbocycles. The Morgan fingerprint density at radius 3 is 2.39 bits per heavy atom. The summed E-state index contributed by atoms with van der Waals surface area (Å²) in [5.74, 6) is 1.81. The van der Waals surface area contributed by atoms with Gasteiger partial charge in [0.2, 0.25) is 5.91 Å². The van der Waals surface area contributed by atoms with Gasteiger partial charge >= 0.3 is 6.18 Å². The molecule has 0 bridgehead atoms. The number of hydrogen-bond acceptors (Lipinski definition) is 4. The maximum Gasteiger partial charge on any atom is 0.425 e. The number of amides is 1. The molecule has 2 fully saturated rings. The van der Waals surface area contributed by atoms with Gasteiger partial charge in [-0.15, -0.1) is 11.3 Å². The van der Waals surface area contributed by atoms with E-state index in [2.05, 4.69) is 9.89 Å². The van der Waals surface area contributed by atoms with Gasteiger partial charge in [0, 0.05) is 18.0 Å². The molecule has 1 aliphatic carbocycles. The Morgan fingerprint density at radius 1 is 1.09 bits per heavy atom. The van der Waals surface area contributed by atoms with Crippen molar-refractivity contribution in [1.29, 1.82) is 0 Å². The Morgan fingerprint density at radius 2 is 1.79 bits per heavy atom. The molecule has 3 aliphatic rings. The fourth-order valence-electron chi connectivity index (χ4n) is 5.02. The highest BCUT2D eigenvalue weighted by Gasteiger charge is 2.56. The number of thiophene rings is 1. The molecule has 9 heteroatoms. The van der Waals surface area contributed by atoms with Gasteiger partial charge in [0.05, 0.1) is 19.3 Å². The molecule has 4 nitrogen and oxygen atoms in total. The minimum atomic E-state index is -4.38. The van der Waals surface area contributed by atoms with Crippen molar-refractivity contribution in [3.8, 4) is 0 Å². The van der Waals surface area contributed by atoms with Crippen molar-refractivity contribution in [2.24, 2.45) is 16.8 Å². The van der Waals surface area contributed by atoms with E-state index in [1.165, 1.54) is 29.4 Å². The molecular formula is C24H23F4N3OS. The minimum absolute atomic E-state index is 0.0746. The van der Waals surface area contributed by atoms with Crippen LogP contribution in [0.1, 0.15) is 41.0 Å². The monoisotopic (exact) mass is 477 g/mol. The molecule has 0 spiro atoms. The first-order valence-electron chi connectivity index (χ1n) is 11.0. The Kier molecular flexibility index (Phi) is 5.55. The van der Waals surface area contributed by atoms with Gasteiger partial charge in [0.25, 0.3) is 0 Å². The quantitative estimate of drug-likeness (QED) is 0.523. The molecular weight excluding hydrogens is 454 g/mol. The number of piperidine rings is 1. The van der Waals surface area contributed by atoms with Gasteiger partial charge in [0.15, 0.2) is 0 Å². The largest absolute Gasteiger partial charge is 0.425 e. The molecule has 1 amide bonds. The van der Waals surface area contributed by atoms with Gasteiger partial charge < -0.3 is 4.90 Å². The molecule has 1 saturated heterocycles. The Hall–Kier alpha value is -2.68. The van der Waals surface area contributed by atoms with Crippen molar-refractivity contribution in [1.82, 2.24) is 9.80 Å². The van der Waals surface area contributed by atoms with Crippen molar-refractivity contribution < 1.29 is 22.4 Å². The molecule has 1 saturated carbocycles. The summed E-state index contributed by atoms with van der Waals surface area (Å²) in [5.41, 5.74) is 2.11. The zero-order chi connectivity index (χ0) is 23.3. The van der Waals surface area contributed by atoms with Crippen molar-refractivity contribution in [3.63, 3.8) is 0 Å². The average Bonchev–Trinajstić information content (AvgIpc) is 3.11. The zero-order valence-corrected chi connectivity index (χ0v) is 18.8. The summed E-state index contributed by atoms with van der Waals surface area (Å²) in [4.78, 5) is 20.9. The van der Waals surface area contributed by atoms with Gasteiger partial charge in [-0.2, -0.15) is 13.2 Å². The number of alkyl halides is 3. The lowest BCUT2D eigenvalue weighted by molar-refractivity contribution is -0.134. The first kappa shape index (κ1) is 22.1. The lowest BCUT2D eigenvalue weighted by Gasteiger charge is -2.24. The number of halogens is 4. The molecule has 3 heterocycles. The molecule has 0 N–H and O–H groups in total. The van der Waals surface area contributed by atoms with Crippen molar-refractivity contribution >= 4 is 23.6 Å². The topological polar surface area (TPSA) is 35.9 Å². The maximum atomic E-state index is 13.2. The summed E-state index contributed by atoms with van der Waals surface area (Å²) >= 11 is 0.652. The number of fused-ring (bicyclic) bond motifs is 1. The molecule has 1 aromatic heterocycles. The van der Waals surface area contributed by atoms with Crippen LogP contribution in [-0.2, 0) is 17.5 Å². The summed E-state index contributed by atoms with van der Waals surface area (Å²) in [6, 6.07) is 9.18. The van der Waals surface area contributed by atoms with Gasteiger partial charge in [0.1, 0.15) is 16.5 Å². The molecule has 2 atom stereocenters. The number of benzene rings is 1. The van der Waals surface area contributed by atoms with E-state index in [4.69, 9.17) is 0 Å². The van der Waals surface area contributed by atoms with Crippen LogP contribution in [0.25, 0.3) is 0 Å². The lowest BCUT2D eigenvalue weighted by Crippen LogP contribution is -2.28. The second kappa shape index (κ2) is 8.27. The second-order valence-electron chi connectivity index (χ2n) is 8.80. The number of carbonyl (C=O) groups excluding carboxylic acids is 1. The Bertz CT molecular complexity index is 1110. The highest BCUT2D eigenvalue weighted by atomic mass is 32.1. The fourth-order valence-corrected chi connectivity index (χ4v) is 5.90. The maximum absolute atomic E-state index is 13.2. The van der Waals surface area contributed by atoms with E-state index in [-0.39, 0.29) is 24.7 Å². The Labute approximate surface area is 193 Å². The van der Waals surface area contributed by atoms with E-state index in [1.54, 1.807) is 0 Å². The van der Waals surface area contributed by atoms with Crippen LogP contribution in [0.15, 0.2) is 52.8 Å². The van der Waals surface area contributed by atoms with Gasteiger partial charge in [-0.25, -0.2) is 9.38 Å². The van der Waals surface area contributed by atoms with Crippen LogP contribution in [0, 0.1) is 17.7 Å².